The first-order chi connectivity index (χ1) is 13.6. The minimum atomic E-state index is 0.555. The number of hydrogen-bond acceptors (Lipinski definition) is 2. The maximum atomic E-state index is 6.03. The van der Waals surface area contributed by atoms with Crippen molar-refractivity contribution in [1.29, 1.82) is 0 Å². The second kappa shape index (κ2) is 7.82. The molecule has 1 aromatic carbocycles. The van der Waals surface area contributed by atoms with Crippen LogP contribution < -0.4 is 15.6 Å². The van der Waals surface area contributed by atoms with Crippen LogP contribution in [0.1, 0.15) is 11.1 Å². The van der Waals surface area contributed by atoms with E-state index in [0.29, 0.717) is 19.2 Å². The Balaban J connectivity index is 1.49. The first kappa shape index (κ1) is 18.2. The first-order valence-corrected chi connectivity index (χ1v) is 9.44. The van der Waals surface area contributed by atoms with Gasteiger partial charge >= 0.3 is 5.96 Å². The minimum Gasteiger partial charge on any atom is -0.375 e. The van der Waals surface area contributed by atoms with Crippen molar-refractivity contribution in [3.63, 3.8) is 0 Å². The van der Waals surface area contributed by atoms with Crippen LogP contribution >= 0.6 is 0 Å². The number of nitrogens with two attached hydrogens (primary N) is 1. The summed E-state index contributed by atoms with van der Waals surface area (Å²) in [7, 11) is 2.09. The molecule has 28 heavy (non-hydrogen) atoms. The topological polar surface area (TPSA) is 71.7 Å². The summed E-state index contributed by atoms with van der Waals surface area (Å²) in [5, 5.41) is 4.25. The van der Waals surface area contributed by atoms with Gasteiger partial charge in [-0.3, -0.25) is 10.3 Å². The molecule has 3 heterocycles. The van der Waals surface area contributed by atoms with Gasteiger partial charge in [0.1, 0.15) is 6.20 Å². The van der Waals surface area contributed by atoms with E-state index < -0.39 is 0 Å². The van der Waals surface area contributed by atoms with Crippen LogP contribution in [0.3, 0.4) is 0 Å². The summed E-state index contributed by atoms with van der Waals surface area (Å²) in [4.78, 5) is 0. The molecule has 1 fully saturated rings. The van der Waals surface area contributed by atoms with Crippen molar-refractivity contribution < 1.29 is 13.7 Å². The molecule has 2 aromatic heterocycles. The highest BCUT2D eigenvalue weighted by Crippen LogP contribution is 2.20. The summed E-state index contributed by atoms with van der Waals surface area (Å²) < 4.78 is 11.7. The lowest BCUT2D eigenvalue weighted by Crippen LogP contribution is -2.43. The van der Waals surface area contributed by atoms with Gasteiger partial charge in [0, 0.05) is 11.6 Å². The molecule has 0 aliphatic carbocycles. The Labute approximate surface area is 164 Å². The number of nitrogens with zero attached hydrogens (tertiary/aromatic N) is 4. The lowest BCUT2D eigenvalue weighted by molar-refractivity contribution is -0.551. The van der Waals surface area contributed by atoms with Crippen molar-refractivity contribution in [1.82, 2.24) is 9.99 Å². The second-order valence-electron chi connectivity index (χ2n) is 7.02. The fraction of sp³-hybridized carbons (Fsp3) is 0.286. The van der Waals surface area contributed by atoms with Gasteiger partial charge in [-0.15, -0.1) is 5.10 Å². The number of hydrazone groups is 1. The van der Waals surface area contributed by atoms with E-state index in [1.54, 1.807) is 6.21 Å². The van der Waals surface area contributed by atoms with E-state index >= 15 is 0 Å². The zero-order valence-corrected chi connectivity index (χ0v) is 16.3. The zero-order chi connectivity index (χ0) is 19.5. The molecule has 0 atom stereocenters. The van der Waals surface area contributed by atoms with Crippen molar-refractivity contribution in [3.8, 4) is 11.3 Å². The quantitative estimate of drug-likeness (QED) is 0.309. The number of hydrogen-bond donors (Lipinski definition) is 2. The Hall–Kier alpha value is -3.19. The van der Waals surface area contributed by atoms with E-state index in [0.717, 1.165) is 35.6 Å². The van der Waals surface area contributed by atoms with E-state index in [4.69, 9.17) is 10.5 Å². The van der Waals surface area contributed by atoms with Crippen molar-refractivity contribution in [2.75, 3.05) is 26.3 Å². The average Bonchev–Trinajstić information content (AvgIpc) is 3.04. The van der Waals surface area contributed by atoms with E-state index in [9.17, 15) is 0 Å². The van der Waals surface area contributed by atoms with E-state index in [-0.39, 0.29) is 0 Å². The number of imidazole rings is 1. The molecule has 7 heteroatoms. The van der Waals surface area contributed by atoms with Gasteiger partial charge in [0.2, 0.25) is 0 Å². The third-order valence-electron chi connectivity index (χ3n) is 5.02. The average molecular weight is 378 g/mol. The molecule has 0 radical (unpaired) electrons. The molecule has 0 spiro atoms. The predicted octanol–water partition coefficient (Wildman–Crippen LogP) is 1.02. The van der Waals surface area contributed by atoms with Crippen LogP contribution in [0.25, 0.3) is 16.9 Å². The molecule has 4 rings (SSSR count). The molecule has 3 aromatic rings. The Morgan fingerprint density at radius 2 is 1.89 bits per heavy atom. The van der Waals surface area contributed by atoms with Crippen LogP contribution in [0.2, 0.25) is 0 Å². The monoisotopic (exact) mass is 378 g/mol. The number of fused-ring (bicyclic) bond motifs is 1. The molecule has 7 nitrogen and oxygen atoms in total. The van der Waals surface area contributed by atoms with E-state index in [1.165, 1.54) is 5.56 Å². The number of morpholine rings is 1. The minimum absolute atomic E-state index is 0.555. The highest BCUT2D eigenvalue weighted by Gasteiger charge is 2.15. The van der Waals surface area contributed by atoms with Crippen LogP contribution in [0.4, 0.5) is 0 Å². The van der Waals surface area contributed by atoms with Gasteiger partial charge in [-0.05, 0) is 36.2 Å². The molecule has 1 saturated heterocycles. The maximum Gasteiger partial charge on any atom is 0.367 e. The van der Waals surface area contributed by atoms with Crippen LogP contribution in [0.15, 0.2) is 53.9 Å². The number of guanidine groups is 1. The van der Waals surface area contributed by atoms with Crippen molar-refractivity contribution in [2.24, 2.45) is 17.9 Å². The highest BCUT2D eigenvalue weighted by atomic mass is 16.5. The van der Waals surface area contributed by atoms with E-state index in [1.807, 2.05) is 4.58 Å². The molecule has 1 aliphatic heterocycles. The number of benzene rings is 1. The molecule has 0 amide bonds. The van der Waals surface area contributed by atoms with Gasteiger partial charge < -0.3 is 4.74 Å². The van der Waals surface area contributed by atoms with E-state index in [2.05, 4.69) is 82.3 Å². The third kappa shape index (κ3) is 3.75. The fourth-order valence-corrected chi connectivity index (χ4v) is 3.41. The number of ether oxygens (including phenoxy) is 1. The lowest BCUT2D eigenvalue weighted by Gasteiger charge is -2.15. The fourth-order valence-electron chi connectivity index (χ4n) is 3.41. The molecule has 144 valence electrons. The summed E-state index contributed by atoms with van der Waals surface area (Å²) in [6.45, 7) is 5.06. The van der Waals surface area contributed by atoms with Gasteiger partial charge in [0.25, 0.3) is 5.65 Å². The molecular weight excluding hydrogens is 352 g/mol. The number of nitrogens with one attached hydrogen (secondary N) is 1. The molecule has 1 aliphatic rings. The molecule has 0 saturated carbocycles. The number of aryl methyl sites for hydroxylation is 2. The van der Waals surface area contributed by atoms with Gasteiger partial charge in [-0.25, -0.2) is 8.97 Å². The number of aromatic nitrogens is 2. The van der Waals surface area contributed by atoms with Crippen LogP contribution in [0.5, 0.6) is 0 Å². The first-order valence-electron chi connectivity index (χ1n) is 9.44. The number of rotatable bonds is 3. The SMILES string of the molecule is Cc1ccc2n(C)c(-c3ccc(/C=N\NC(N)=[N+]4CCOCC4)cc3)c[n+]2c1. The summed E-state index contributed by atoms with van der Waals surface area (Å²) in [5.41, 5.74) is 14.7. The Kier molecular flexibility index (Phi) is 5.08. The lowest BCUT2D eigenvalue weighted by atomic mass is 10.1. The standard InChI is InChI=1S/C21H25N6O/c1-16-3-8-20-25(2)19(15-27(20)14-16)18-6-4-17(5-7-18)13-23-24-21(22)26-9-11-28-12-10-26/h3-8,13-15H,9-12H2,1-2H3,(H2,22,24)/q+1/p+1/b23-13-. The summed E-state index contributed by atoms with van der Waals surface area (Å²) in [6, 6.07) is 12.6. The van der Waals surface area contributed by atoms with Crippen molar-refractivity contribution >= 4 is 17.8 Å². The van der Waals surface area contributed by atoms with Gasteiger partial charge in [0.05, 0.1) is 45.8 Å². The highest BCUT2D eigenvalue weighted by molar-refractivity contribution is 5.82. The Morgan fingerprint density at radius 1 is 1.14 bits per heavy atom. The second-order valence-corrected chi connectivity index (χ2v) is 7.02. The van der Waals surface area contributed by atoms with Gasteiger partial charge in [-0.2, -0.15) is 5.43 Å². The third-order valence-corrected chi connectivity index (χ3v) is 5.02. The Morgan fingerprint density at radius 3 is 2.64 bits per heavy atom. The number of pyridine rings is 1. The molecule has 0 bridgehead atoms. The maximum absolute atomic E-state index is 6.03. The van der Waals surface area contributed by atoms with Crippen molar-refractivity contribution in [2.45, 2.75) is 6.92 Å². The van der Waals surface area contributed by atoms with Gasteiger partial charge in [0.15, 0.2) is 5.69 Å². The van der Waals surface area contributed by atoms with Gasteiger partial charge in [-0.1, -0.05) is 12.1 Å². The molecule has 0 unspecified atom stereocenters. The predicted molar refractivity (Wildman–Crippen MR) is 109 cm³/mol. The van der Waals surface area contributed by atoms with Crippen LogP contribution in [-0.2, 0) is 11.8 Å². The Bertz CT molecular complexity index is 1040. The van der Waals surface area contributed by atoms with Crippen LogP contribution in [0, 0.1) is 6.92 Å². The largest absolute Gasteiger partial charge is 0.375 e. The van der Waals surface area contributed by atoms with Crippen LogP contribution in [-0.4, -0.2) is 47.6 Å². The molecule has 3 N–H and O–H groups in total. The summed E-state index contributed by atoms with van der Waals surface area (Å²) >= 11 is 0. The molecular formula is C21H26N6O+2. The van der Waals surface area contributed by atoms with Crippen molar-refractivity contribution in [3.05, 3.63) is 59.9 Å². The zero-order valence-electron chi connectivity index (χ0n) is 16.3. The smallest absolute Gasteiger partial charge is 0.367 e. The summed E-state index contributed by atoms with van der Waals surface area (Å²) in [5.74, 6) is 0.555. The normalized spacial score (nSPS) is 14.7. The summed E-state index contributed by atoms with van der Waals surface area (Å²) in [6.07, 6.45) is 6.07.